The Morgan fingerprint density at radius 1 is 1.26 bits per heavy atom. The zero-order chi connectivity index (χ0) is 14.1. The van der Waals surface area contributed by atoms with Crippen LogP contribution in [0.25, 0.3) is 0 Å². The van der Waals surface area contributed by atoms with Gasteiger partial charge < -0.3 is 14.8 Å². The molecule has 1 aromatic rings. The number of halogens is 1. The fourth-order valence-corrected chi connectivity index (χ4v) is 2.14. The third-order valence-corrected chi connectivity index (χ3v) is 3.60. The second-order valence-electron chi connectivity index (χ2n) is 4.06. The lowest BCUT2D eigenvalue weighted by molar-refractivity contribution is 0.149. The molecule has 0 aliphatic heterocycles. The molecule has 0 saturated carbocycles. The van der Waals surface area contributed by atoms with Gasteiger partial charge >= 0.3 is 0 Å². The summed E-state index contributed by atoms with van der Waals surface area (Å²) < 4.78 is 11.6. The Labute approximate surface area is 128 Å². The van der Waals surface area contributed by atoms with Crippen LogP contribution >= 0.6 is 22.6 Å². The highest BCUT2D eigenvalue weighted by molar-refractivity contribution is 14.1. The van der Waals surface area contributed by atoms with Gasteiger partial charge in [0.25, 0.3) is 0 Å². The molecule has 0 aliphatic rings. The fourth-order valence-electron chi connectivity index (χ4n) is 1.56. The van der Waals surface area contributed by atoms with Gasteiger partial charge in [0.2, 0.25) is 0 Å². The number of nitrogens with one attached hydrogen (secondary N) is 1. The van der Waals surface area contributed by atoms with Gasteiger partial charge in [-0.3, -0.25) is 0 Å². The maximum atomic E-state index is 5.35. The molecule has 6 heteroatoms. The second kappa shape index (κ2) is 9.44. The molecule has 19 heavy (non-hydrogen) atoms. The van der Waals surface area contributed by atoms with Gasteiger partial charge in [0.15, 0.2) is 0 Å². The molecule has 5 nitrogen and oxygen atoms in total. The summed E-state index contributed by atoms with van der Waals surface area (Å²) in [6.07, 6.45) is 1.79. The second-order valence-corrected chi connectivity index (χ2v) is 5.13. The quantitative estimate of drug-likeness (QED) is 0.528. The molecule has 0 amide bonds. The Morgan fingerprint density at radius 2 is 2.05 bits per heavy atom. The van der Waals surface area contributed by atoms with Gasteiger partial charge in [0.1, 0.15) is 11.6 Å². The van der Waals surface area contributed by atoms with Crippen molar-refractivity contribution in [1.29, 1.82) is 0 Å². The number of rotatable bonds is 9. The first kappa shape index (κ1) is 16.6. The molecule has 0 fully saturated rings. The minimum atomic E-state index is 0.503. The first-order valence-corrected chi connectivity index (χ1v) is 7.66. The normalized spacial score (nSPS) is 10.7. The number of hydrogen-bond acceptors (Lipinski definition) is 5. The van der Waals surface area contributed by atoms with Crippen molar-refractivity contribution in [3.8, 4) is 0 Å². The summed E-state index contributed by atoms with van der Waals surface area (Å²) in [5, 5.41) is 3.34. The summed E-state index contributed by atoms with van der Waals surface area (Å²) in [7, 11) is 1.68. The molecule has 0 spiro atoms. The van der Waals surface area contributed by atoms with Crippen LogP contribution < -0.4 is 5.32 Å². The predicted molar refractivity (Wildman–Crippen MR) is 84.4 cm³/mol. The van der Waals surface area contributed by atoms with E-state index in [0.717, 1.165) is 46.9 Å². The molecule has 0 radical (unpaired) electrons. The van der Waals surface area contributed by atoms with Crippen molar-refractivity contribution in [2.45, 2.75) is 33.3 Å². The van der Waals surface area contributed by atoms with Crippen molar-refractivity contribution >= 4 is 28.4 Å². The Hall–Kier alpha value is -0.470. The van der Waals surface area contributed by atoms with Crippen LogP contribution in [0.3, 0.4) is 0 Å². The van der Waals surface area contributed by atoms with Crippen LogP contribution in [0, 0.1) is 3.57 Å². The monoisotopic (exact) mass is 379 g/mol. The van der Waals surface area contributed by atoms with Crippen LogP contribution in [0.5, 0.6) is 0 Å². The van der Waals surface area contributed by atoms with Gasteiger partial charge in [-0.15, -0.1) is 0 Å². The van der Waals surface area contributed by atoms with Crippen LogP contribution in [0.2, 0.25) is 0 Å². The highest BCUT2D eigenvalue weighted by atomic mass is 127. The van der Waals surface area contributed by atoms with Crippen LogP contribution in [0.4, 0.5) is 5.82 Å². The topological polar surface area (TPSA) is 56.3 Å². The van der Waals surface area contributed by atoms with Crippen LogP contribution in [-0.4, -0.2) is 36.8 Å². The first-order valence-electron chi connectivity index (χ1n) is 6.58. The van der Waals surface area contributed by atoms with E-state index in [1.807, 2.05) is 6.92 Å². The zero-order valence-electron chi connectivity index (χ0n) is 11.8. The van der Waals surface area contributed by atoms with Crippen molar-refractivity contribution in [3.63, 3.8) is 0 Å². The van der Waals surface area contributed by atoms with E-state index in [1.54, 1.807) is 7.11 Å². The first-order chi connectivity index (χ1) is 9.22. The van der Waals surface area contributed by atoms with Gasteiger partial charge in [-0.1, -0.05) is 6.92 Å². The molecule has 0 atom stereocenters. The molecular weight excluding hydrogens is 357 g/mol. The molecule has 1 N–H and O–H groups in total. The molecular formula is C13H22IN3O2. The number of aromatic nitrogens is 2. The molecule has 1 heterocycles. The summed E-state index contributed by atoms with van der Waals surface area (Å²) >= 11 is 2.27. The van der Waals surface area contributed by atoms with E-state index in [0.29, 0.717) is 13.2 Å². The van der Waals surface area contributed by atoms with E-state index in [2.05, 4.69) is 44.8 Å². The van der Waals surface area contributed by atoms with Crippen LogP contribution in [0.1, 0.15) is 31.8 Å². The summed E-state index contributed by atoms with van der Waals surface area (Å²) in [6, 6.07) is 0. The van der Waals surface area contributed by atoms with E-state index in [4.69, 9.17) is 9.47 Å². The predicted octanol–water partition coefficient (Wildman–Crippen LogP) is 2.63. The Bertz CT molecular complexity index is 388. The average molecular weight is 379 g/mol. The molecule has 0 unspecified atom stereocenters. The molecule has 1 rings (SSSR count). The molecule has 0 aliphatic carbocycles. The third-order valence-electron chi connectivity index (χ3n) is 2.46. The maximum absolute atomic E-state index is 5.35. The largest absolute Gasteiger partial charge is 0.381 e. The Kier molecular flexibility index (Phi) is 8.24. The Morgan fingerprint density at radius 3 is 2.68 bits per heavy atom. The van der Waals surface area contributed by atoms with Crippen molar-refractivity contribution in [1.82, 2.24) is 9.97 Å². The summed E-state index contributed by atoms with van der Waals surface area (Å²) in [6.45, 7) is 6.90. The minimum absolute atomic E-state index is 0.503. The van der Waals surface area contributed by atoms with Crippen molar-refractivity contribution < 1.29 is 9.47 Å². The van der Waals surface area contributed by atoms with Gasteiger partial charge in [0.05, 0.1) is 22.5 Å². The molecule has 1 aromatic heterocycles. The number of ether oxygens (including phenoxy) is 2. The van der Waals surface area contributed by atoms with Crippen molar-refractivity contribution in [3.05, 3.63) is 15.1 Å². The highest BCUT2D eigenvalue weighted by Crippen LogP contribution is 2.20. The fraction of sp³-hybridized carbons (Fsp3) is 0.692. The van der Waals surface area contributed by atoms with E-state index < -0.39 is 0 Å². The SMILES string of the molecule is CCCNc1nc(CCOCC)nc(COC)c1I. The lowest BCUT2D eigenvalue weighted by Gasteiger charge is -2.12. The number of nitrogens with zero attached hydrogens (tertiary/aromatic N) is 2. The number of hydrogen-bond donors (Lipinski definition) is 1. The van der Waals surface area contributed by atoms with Gasteiger partial charge in [0, 0.05) is 26.7 Å². The molecule has 108 valence electrons. The van der Waals surface area contributed by atoms with E-state index >= 15 is 0 Å². The molecule has 0 aromatic carbocycles. The van der Waals surface area contributed by atoms with E-state index in [1.165, 1.54) is 0 Å². The van der Waals surface area contributed by atoms with Gasteiger partial charge in [-0.25, -0.2) is 9.97 Å². The standard InChI is InChI=1S/C13H22IN3O2/c1-4-7-15-13-12(14)10(9-18-3)16-11(17-13)6-8-19-5-2/h4-9H2,1-3H3,(H,15,16,17). The minimum Gasteiger partial charge on any atom is -0.381 e. The van der Waals surface area contributed by atoms with Gasteiger partial charge in [-0.05, 0) is 35.9 Å². The number of methoxy groups -OCH3 is 1. The molecule has 0 bridgehead atoms. The smallest absolute Gasteiger partial charge is 0.143 e. The van der Waals surface area contributed by atoms with E-state index in [9.17, 15) is 0 Å². The van der Waals surface area contributed by atoms with E-state index in [-0.39, 0.29) is 0 Å². The van der Waals surface area contributed by atoms with Crippen LogP contribution in [0.15, 0.2) is 0 Å². The number of anilines is 1. The third kappa shape index (κ3) is 5.58. The molecule has 0 saturated heterocycles. The van der Waals surface area contributed by atoms with Crippen molar-refractivity contribution in [2.24, 2.45) is 0 Å². The summed E-state index contributed by atoms with van der Waals surface area (Å²) in [5.74, 6) is 1.70. The summed E-state index contributed by atoms with van der Waals surface area (Å²) in [5.41, 5.74) is 0.934. The van der Waals surface area contributed by atoms with Gasteiger partial charge in [-0.2, -0.15) is 0 Å². The lowest BCUT2D eigenvalue weighted by Crippen LogP contribution is -2.12. The Balaban J connectivity index is 2.87. The lowest BCUT2D eigenvalue weighted by atomic mass is 10.3. The highest BCUT2D eigenvalue weighted by Gasteiger charge is 2.11. The van der Waals surface area contributed by atoms with Crippen LogP contribution in [-0.2, 0) is 22.5 Å². The van der Waals surface area contributed by atoms with Crippen molar-refractivity contribution in [2.75, 3.05) is 32.2 Å². The maximum Gasteiger partial charge on any atom is 0.143 e. The average Bonchev–Trinajstić information content (AvgIpc) is 2.41. The summed E-state index contributed by atoms with van der Waals surface area (Å²) in [4.78, 5) is 9.10. The zero-order valence-corrected chi connectivity index (χ0v) is 14.0.